The first-order valence-electron chi connectivity index (χ1n) is 5.92. The first-order chi connectivity index (χ1) is 10.5. The average molecular weight is 318 g/mol. The Kier molecular flexibility index (Phi) is 4.56. The van der Waals surface area contributed by atoms with Crippen LogP contribution in [0.4, 0.5) is 11.6 Å². The van der Waals surface area contributed by atoms with Crippen LogP contribution >= 0.6 is 11.6 Å². The number of nitrogens with one attached hydrogen (secondary N) is 1. The molecule has 1 N–H and O–H groups in total. The second-order valence-electron chi connectivity index (χ2n) is 4.06. The summed E-state index contributed by atoms with van der Waals surface area (Å²) in [6.45, 7) is 0. The highest BCUT2D eigenvalue weighted by Crippen LogP contribution is 2.19. The van der Waals surface area contributed by atoms with Gasteiger partial charge in [0.1, 0.15) is 22.3 Å². The molecule has 0 radical (unpaired) electrons. The normalized spacial score (nSPS) is 10.8. The van der Waals surface area contributed by atoms with E-state index in [2.05, 4.69) is 5.32 Å². The van der Waals surface area contributed by atoms with Crippen LogP contribution in [0.25, 0.3) is 6.08 Å². The fourth-order valence-electron chi connectivity index (χ4n) is 1.54. The fraction of sp³-hybridized carbons (Fsp3) is 0. The third-order valence-corrected chi connectivity index (χ3v) is 2.80. The molecule has 22 heavy (non-hydrogen) atoms. The molecule has 8 heteroatoms. The number of halogens is 1. The second-order valence-corrected chi connectivity index (χ2v) is 4.50. The van der Waals surface area contributed by atoms with Crippen molar-refractivity contribution in [3.05, 3.63) is 62.9 Å². The van der Waals surface area contributed by atoms with Crippen LogP contribution in [0.5, 0.6) is 0 Å². The maximum absolute atomic E-state index is 12.0. The molecule has 0 saturated heterocycles. The predicted octanol–water partition coefficient (Wildman–Crippen LogP) is 3.39. The van der Waals surface area contributed by atoms with Gasteiger partial charge < -0.3 is 9.73 Å². The molecule has 0 aliphatic rings. The third-order valence-electron chi connectivity index (χ3n) is 2.55. The number of benzene rings is 1. The predicted molar refractivity (Wildman–Crippen MR) is 79.0 cm³/mol. The van der Waals surface area contributed by atoms with Gasteiger partial charge in [-0.1, -0.05) is 11.6 Å². The molecular weight excluding hydrogens is 310 g/mol. The van der Waals surface area contributed by atoms with Gasteiger partial charge in [-0.05, 0) is 30.3 Å². The molecule has 1 aromatic heterocycles. The minimum atomic E-state index is -0.711. The molecule has 1 heterocycles. The van der Waals surface area contributed by atoms with Crippen molar-refractivity contribution in [1.82, 2.24) is 0 Å². The summed E-state index contributed by atoms with van der Waals surface area (Å²) in [4.78, 5) is 21.8. The van der Waals surface area contributed by atoms with E-state index in [-0.39, 0.29) is 11.3 Å². The van der Waals surface area contributed by atoms with Crippen LogP contribution in [0.2, 0.25) is 5.02 Å². The van der Waals surface area contributed by atoms with Gasteiger partial charge in [0.05, 0.1) is 6.07 Å². The smallest absolute Gasteiger partial charge is 0.401 e. The van der Waals surface area contributed by atoms with E-state index in [4.69, 9.17) is 21.3 Å². The Morgan fingerprint density at radius 1 is 1.32 bits per heavy atom. The summed E-state index contributed by atoms with van der Waals surface area (Å²) >= 11 is 5.73. The van der Waals surface area contributed by atoms with Crippen molar-refractivity contribution < 1.29 is 14.1 Å². The van der Waals surface area contributed by atoms with Crippen molar-refractivity contribution in [3.63, 3.8) is 0 Å². The fourth-order valence-corrected chi connectivity index (χ4v) is 1.67. The molecule has 7 nitrogen and oxygen atoms in total. The number of amides is 1. The lowest BCUT2D eigenvalue weighted by atomic mass is 10.2. The number of carbonyl (C=O) groups excluding carboxylic acids is 1. The van der Waals surface area contributed by atoms with Gasteiger partial charge in [-0.25, -0.2) is 0 Å². The lowest BCUT2D eigenvalue weighted by molar-refractivity contribution is -0.402. The number of furan rings is 1. The van der Waals surface area contributed by atoms with E-state index in [0.29, 0.717) is 10.7 Å². The number of rotatable bonds is 4. The molecule has 0 atom stereocenters. The molecule has 0 unspecified atom stereocenters. The molecular formula is C14H8ClN3O4. The van der Waals surface area contributed by atoms with E-state index in [9.17, 15) is 14.9 Å². The zero-order chi connectivity index (χ0) is 16.1. The highest BCUT2D eigenvalue weighted by Gasteiger charge is 2.14. The Morgan fingerprint density at radius 3 is 2.55 bits per heavy atom. The Morgan fingerprint density at radius 2 is 2.00 bits per heavy atom. The molecule has 2 aromatic rings. The molecule has 0 fully saturated rings. The zero-order valence-corrected chi connectivity index (χ0v) is 11.7. The summed E-state index contributed by atoms with van der Waals surface area (Å²) in [6, 6.07) is 10.5. The van der Waals surface area contributed by atoms with Crippen molar-refractivity contribution in [2.75, 3.05) is 5.32 Å². The van der Waals surface area contributed by atoms with Crippen molar-refractivity contribution in [2.24, 2.45) is 0 Å². The maximum atomic E-state index is 12.0. The van der Waals surface area contributed by atoms with Gasteiger partial charge in [-0.15, -0.1) is 0 Å². The monoisotopic (exact) mass is 317 g/mol. The van der Waals surface area contributed by atoms with E-state index >= 15 is 0 Å². The zero-order valence-electron chi connectivity index (χ0n) is 10.9. The van der Waals surface area contributed by atoms with Crippen LogP contribution in [0.15, 0.2) is 46.4 Å². The van der Waals surface area contributed by atoms with Gasteiger partial charge in [0.15, 0.2) is 0 Å². The summed E-state index contributed by atoms with van der Waals surface area (Å²) in [5, 5.41) is 22.5. The largest absolute Gasteiger partial charge is 0.433 e. The van der Waals surface area contributed by atoms with E-state index in [1.807, 2.05) is 0 Å². The molecule has 0 aliphatic heterocycles. The quantitative estimate of drug-likeness (QED) is 0.402. The van der Waals surface area contributed by atoms with Crippen LogP contribution in [-0.4, -0.2) is 10.8 Å². The molecule has 1 aromatic carbocycles. The van der Waals surface area contributed by atoms with Gasteiger partial charge >= 0.3 is 5.88 Å². The number of anilines is 1. The van der Waals surface area contributed by atoms with Crippen LogP contribution in [-0.2, 0) is 4.79 Å². The van der Waals surface area contributed by atoms with Gasteiger partial charge in [-0.2, -0.15) is 5.26 Å². The SMILES string of the molecule is N#C/C(=C/c1ccc([N+](=O)[O-])o1)C(=O)Nc1ccc(Cl)cc1. The molecule has 0 spiro atoms. The number of nitro groups is 1. The van der Waals surface area contributed by atoms with Gasteiger partial charge in [0.2, 0.25) is 0 Å². The van der Waals surface area contributed by atoms with E-state index < -0.39 is 16.7 Å². The van der Waals surface area contributed by atoms with Gasteiger partial charge in [0, 0.05) is 16.8 Å². The molecule has 0 bridgehead atoms. The average Bonchev–Trinajstić information content (AvgIpc) is 2.96. The number of hydrogen-bond acceptors (Lipinski definition) is 5. The first kappa shape index (κ1) is 15.3. The summed E-state index contributed by atoms with van der Waals surface area (Å²) in [7, 11) is 0. The Labute approximate surface area is 129 Å². The maximum Gasteiger partial charge on any atom is 0.433 e. The third kappa shape index (κ3) is 3.71. The van der Waals surface area contributed by atoms with Crippen molar-refractivity contribution >= 4 is 35.2 Å². The first-order valence-corrected chi connectivity index (χ1v) is 6.30. The lowest BCUT2D eigenvalue weighted by Gasteiger charge is -2.03. The van der Waals surface area contributed by atoms with Gasteiger partial charge in [0.25, 0.3) is 5.91 Å². The molecule has 0 aliphatic carbocycles. The van der Waals surface area contributed by atoms with Crippen molar-refractivity contribution in [3.8, 4) is 6.07 Å². The summed E-state index contributed by atoms with van der Waals surface area (Å²) in [5.74, 6) is -1.10. The van der Waals surface area contributed by atoms with E-state index in [1.165, 1.54) is 6.07 Å². The second kappa shape index (κ2) is 6.56. The molecule has 0 saturated carbocycles. The molecule has 1 amide bonds. The minimum Gasteiger partial charge on any atom is -0.401 e. The molecule has 2 rings (SSSR count). The highest BCUT2D eigenvalue weighted by atomic mass is 35.5. The summed E-state index contributed by atoms with van der Waals surface area (Å²) in [5.41, 5.74) is 0.208. The Bertz CT molecular complexity index is 787. The minimum absolute atomic E-state index is 0.0366. The van der Waals surface area contributed by atoms with Crippen LogP contribution in [0, 0.1) is 21.4 Å². The standard InChI is InChI=1S/C14H8ClN3O4/c15-10-1-3-11(4-2-10)17-14(19)9(8-16)7-12-5-6-13(22-12)18(20)21/h1-7H,(H,17,19)/b9-7-. The number of carbonyl (C=O) groups is 1. The summed E-state index contributed by atoms with van der Waals surface area (Å²) in [6.07, 6.45) is 1.12. The van der Waals surface area contributed by atoms with Crippen LogP contribution in [0.1, 0.15) is 5.76 Å². The van der Waals surface area contributed by atoms with Gasteiger partial charge in [-0.3, -0.25) is 14.9 Å². The van der Waals surface area contributed by atoms with Crippen LogP contribution in [0.3, 0.4) is 0 Å². The van der Waals surface area contributed by atoms with Crippen molar-refractivity contribution in [2.45, 2.75) is 0 Å². The Hall–Kier alpha value is -3.11. The number of nitrogens with zero attached hydrogens (tertiary/aromatic N) is 2. The topological polar surface area (TPSA) is 109 Å². The van der Waals surface area contributed by atoms with E-state index in [0.717, 1.165) is 12.1 Å². The lowest BCUT2D eigenvalue weighted by Crippen LogP contribution is -2.13. The summed E-state index contributed by atoms with van der Waals surface area (Å²) < 4.78 is 4.87. The number of hydrogen-bond donors (Lipinski definition) is 1. The van der Waals surface area contributed by atoms with E-state index in [1.54, 1.807) is 30.3 Å². The van der Waals surface area contributed by atoms with Crippen molar-refractivity contribution in [1.29, 1.82) is 5.26 Å². The molecule has 110 valence electrons. The van der Waals surface area contributed by atoms with Crippen LogP contribution < -0.4 is 5.32 Å². The number of nitriles is 1. The Balaban J connectivity index is 2.17. The highest BCUT2D eigenvalue weighted by molar-refractivity contribution is 6.30.